The predicted molar refractivity (Wildman–Crippen MR) is 129 cm³/mol. The van der Waals surface area contributed by atoms with Gasteiger partial charge in [0.1, 0.15) is 5.78 Å². The van der Waals surface area contributed by atoms with Gasteiger partial charge in [0.25, 0.3) is 5.91 Å². The number of rotatable bonds is 6. The highest BCUT2D eigenvalue weighted by Gasteiger charge is 2.27. The summed E-state index contributed by atoms with van der Waals surface area (Å²) in [7, 11) is 4.46. The van der Waals surface area contributed by atoms with E-state index < -0.39 is 5.91 Å². The van der Waals surface area contributed by atoms with Crippen molar-refractivity contribution in [3.63, 3.8) is 0 Å². The number of hydrogen-bond donors (Lipinski definition) is 4. The van der Waals surface area contributed by atoms with Gasteiger partial charge in [-0.15, -0.1) is 0 Å². The van der Waals surface area contributed by atoms with Gasteiger partial charge in [0.15, 0.2) is 28.4 Å². The molecule has 0 spiro atoms. The van der Waals surface area contributed by atoms with E-state index in [1.54, 1.807) is 0 Å². The monoisotopic (exact) mass is 480 g/mol. The molecule has 1 aliphatic heterocycles. The maximum atomic E-state index is 12.5. The van der Waals surface area contributed by atoms with Crippen LogP contribution in [0.5, 0.6) is 0 Å². The quantitative estimate of drug-likeness (QED) is 0.255. The van der Waals surface area contributed by atoms with E-state index in [4.69, 9.17) is 28.8 Å². The number of Topliss-reactive ketones (excluding diaryl/α,β-unsaturated/α-hetero) is 1. The molecule has 11 nitrogen and oxygen atoms in total. The van der Waals surface area contributed by atoms with Gasteiger partial charge in [-0.2, -0.15) is 0 Å². The van der Waals surface area contributed by atoms with Gasteiger partial charge >= 0.3 is 0 Å². The average Bonchev–Trinajstić information content (AvgIpc) is 2.73. The number of amides is 1. The van der Waals surface area contributed by atoms with Gasteiger partial charge in [0.2, 0.25) is 0 Å². The molecule has 1 aromatic rings. The number of aliphatic imine (C=N–C) groups is 1. The summed E-state index contributed by atoms with van der Waals surface area (Å²) in [6.07, 6.45) is 4.08. The van der Waals surface area contributed by atoms with Crippen molar-refractivity contribution >= 4 is 40.9 Å². The maximum Gasteiger partial charge on any atom is 0.280 e. The third-order valence-corrected chi connectivity index (χ3v) is 6.74. The molecule has 1 aromatic heterocycles. The van der Waals surface area contributed by atoms with E-state index in [1.165, 1.54) is 0 Å². The van der Waals surface area contributed by atoms with Gasteiger partial charge in [-0.3, -0.25) is 19.8 Å². The number of nitrogens with two attached hydrogens (primary N) is 3. The number of nitrogens with one attached hydrogen (secondary N) is 1. The van der Waals surface area contributed by atoms with Crippen LogP contribution in [0.1, 0.15) is 42.6 Å². The Hall–Kier alpha value is -2.50. The number of nitrogens with zero attached hydrogens (tertiary/aromatic N) is 5. The second-order valence-corrected chi connectivity index (χ2v) is 10.0. The Morgan fingerprint density at radius 1 is 1.12 bits per heavy atom. The lowest BCUT2D eigenvalue weighted by atomic mass is 9.83. The first-order valence-electron chi connectivity index (χ1n) is 11.3. The highest BCUT2D eigenvalue weighted by molar-refractivity contribution is 6.31. The number of guanidine groups is 1. The standard InChI is InChI=1S/C21H34ClN9O2/c1-31(2)9-7-30(8-10-31)12-15(32)11-13-3-5-14(6-4-13)26-21(25)29-20(33)16-18(23)28-19(24)17(22)27-16/h13-14H,3-12H2,1-2H3,(H6-,23,24,25,26,28,29,33)/p+1. The number of carbonyl (C=O) groups excluding carboxylic acids is 2. The van der Waals surface area contributed by atoms with Crippen LogP contribution in [-0.2, 0) is 4.79 Å². The van der Waals surface area contributed by atoms with Crippen molar-refractivity contribution in [2.45, 2.75) is 38.1 Å². The molecule has 2 aliphatic rings. The van der Waals surface area contributed by atoms with E-state index in [9.17, 15) is 9.59 Å². The zero-order valence-corrected chi connectivity index (χ0v) is 20.1. The van der Waals surface area contributed by atoms with Gasteiger partial charge in [-0.25, -0.2) is 15.0 Å². The van der Waals surface area contributed by atoms with Crippen molar-refractivity contribution < 1.29 is 14.1 Å². The van der Waals surface area contributed by atoms with Gasteiger partial charge in [0, 0.05) is 19.5 Å². The number of quaternary nitrogens is 1. The number of anilines is 2. The van der Waals surface area contributed by atoms with E-state index in [2.05, 4.69) is 39.3 Å². The van der Waals surface area contributed by atoms with Crippen molar-refractivity contribution in [2.24, 2.45) is 16.6 Å². The minimum atomic E-state index is -0.651. The predicted octanol–water partition coefficient (Wildman–Crippen LogP) is 0.249. The number of ketones is 1. The van der Waals surface area contributed by atoms with Crippen LogP contribution in [0.15, 0.2) is 4.99 Å². The summed E-state index contributed by atoms with van der Waals surface area (Å²) in [5.41, 5.74) is 17.0. The van der Waals surface area contributed by atoms with E-state index >= 15 is 0 Å². The van der Waals surface area contributed by atoms with Crippen molar-refractivity contribution in [3.05, 3.63) is 10.8 Å². The first kappa shape index (κ1) is 25.1. The first-order valence-corrected chi connectivity index (χ1v) is 11.7. The van der Waals surface area contributed by atoms with Crippen LogP contribution in [0.3, 0.4) is 0 Å². The van der Waals surface area contributed by atoms with Crippen molar-refractivity contribution in [1.29, 1.82) is 0 Å². The maximum absolute atomic E-state index is 12.5. The molecule has 3 rings (SSSR count). The third kappa shape index (κ3) is 7.24. The largest absolute Gasteiger partial charge is 0.382 e. The van der Waals surface area contributed by atoms with E-state index in [0.29, 0.717) is 24.7 Å². The molecule has 1 aliphatic carbocycles. The normalized spacial score (nSPS) is 23.8. The third-order valence-electron chi connectivity index (χ3n) is 6.46. The molecule has 12 heteroatoms. The molecule has 0 radical (unpaired) electrons. The van der Waals surface area contributed by atoms with Crippen LogP contribution in [0.25, 0.3) is 0 Å². The number of likely N-dealkylation sites (N-methyl/N-ethyl adjacent to an activating group) is 1. The number of carbonyl (C=O) groups is 2. The number of piperazine rings is 1. The van der Waals surface area contributed by atoms with Crippen molar-refractivity contribution in [3.8, 4) is 0 Å². The Labute approximate surface area is 199 Å². The number of nitrogen functional groups attached to an aromatic ring is 2. The molecule has 0 aromatic carbocycles. The topological polar surface area (TPSA) is 166 Å². The number of hydrogen-bond acceptors (Lipinski definition) is 8. The second kappa shape index (κ2) is 10.6. The summed E-state index contributed by atoms with van der Waals surface area (Å²) in [4.78, 5) is 39.2. The summed E-state index contributed by atoms with van der Waals surface area (Å²) in [5, 5.41) is 2.36. The Bertz CT molecular complexity index is 903. The summed E-state index contributed by atoms with van der Waals surface area (Å²) >= 11 is 5.81. The molecule has 1 saturated carbocycles. The smallest absolute Gasteiger partial charge is 0.280 e. The highest BCUT2D eigenvalue weighted by atomic mass is 35.5. The van der Waals surface area contributed by atoms with Crippen molar-refractivity contribution in [1.82, 2.24) is 20.2 Å². The fourth-order valence-electron chi connectivity index (χ4n) is 4.33. The lowest BCUT2D eigenvalue weighted by molar-refractivity contribution is -0.894. The van der Waals surface area contributed by atoms with Crippen LogP contribution >= 0.6 is 11.6 Å². The van der Waals surface area contributed by atoms with E-state index in [-0.39, 0.29) is 34.5 Å². The van der Waals surface area contributed by atoms with Gasteiger partial charge in [-0.05, 0) is 31.6 Å². The zero-order chi connectivity index (χ0) is 24.2. The lowest BCUT2D eigenvalue weighted by Crippen LogP contribution is -2.55. The lowest BCUT2D eigenvalue weighted by Gasteiger charge is -2.39. The molecule has 0 unspecified atom stereocenters. The van der Waals surface area contributed by atoms with E-state index in [1.807, 2.05) is 0 Å². The summed E-state index contributed by atoms with van der Waals surface area (Å²) < 4.78 is 1.02. The fourth-order valence-corrected chi connectivity index (χ4v) is 4.46. The van der Waals surface area contributed by atoms with Gasteiger partial charge < -0.3 is 21.7 Å². The molecule has 0 bridgehead atoms. The average molecular weight is 481 g/mol. The number of aromatic nitrogens is 2. The molecule has 182 valence electrons. The molecular weight excluding hydrogens is 446 g/mol. The van der Waals surface area contributed by atoms with Gasteiger partial charge in [-0.1, -0.05) is 11.6 Å². The Balaban J connectivity index is 1.42. The Kier molecular flexibility index (Phi) is 8.09. The van der Waals surface area contributed by atoms with Crippen LogP contribution in [0.4, 0.5) is 11.6 Å². The molecule has 1 amide bonds. The minimum absolute atomic E-state index is 0.00261. The molecule has 2 heterocycles. The molecule has 33 heavy (non-hydrogen) atoms. The summed E-state index contributed by atoms with van der Waals surface area (Å²) in [5.74, 6) is -0.158. The first-order chi connectivity index (χ1) is 15.5. The number of halogens is 1. The second-order valence-electron chi connectivity index (χ2n) is 9.68. The fraction of sp³-hybridized carbons (Fsp3) is 0.667. The van der Waals surface area contributed by atoms with Crippen molar-refractivity contribution in [2.75, 3.05) is 58.3 Å². The zero-order valence-electron chi connectivity index (χ0n) is 19.4. The summed E-state index contributed by atoms with van der Waals surface area (Å²) in [6.45, 7) is 4.67. The van der Waals surface area contributed by atoms with Crippen LogP contribution in [0, 0.1) is 5.92 Å². The van der Waals surface area contributed by atoms with Crippen LogP contribution in [0.2, 0.25) is 5.15 Å². The Morgan fingerprint density at radius 2 is 1.76 bits per heavy atom. The SMILES string of the molecule is C[N+]1(C)CCN(CC(=O)CC2CCC(N=C(N)NC(=O)c3nc(Cl)c(N)nc3N)CC2)CC1. The molecule has 2 fully saturated rings. The Morgan fingerprint density at radius 3 is 2.39 bits per heavy atom. The molecule has 0 atom stereocenters. The molecule has 7 N–H and O–H groups in total. The van der Waals surface area contributed by atoms with E-state index in [0.717, 1.165) is 56.3 Å². The molecular formula is C21H35ClN9O2+. The molecule has 1 saturated heterocycles. The highest BCUT2D eigenvalue weighted by Crippen LogP contribution is 2.29. The van der Waals surface area contributed by atoms with Gasteiger partial charge in [0.05, 0.1) is 39.8 Å². The van der Waals surface area contributed by atoms with Crippen LogP contribution in [-0.4, -0.2) is 89.9 Å². The minimum Gasteiger partial charge on any atom is -0.382 e. The van der Waals surface area contributed by atoms with Crippen LogP contribution < -0.4 is 22.5 Å². The summed E-state index contributed by atoms with van der Waals surface area (Å²) in [6, 6.07) is -0.00261.